The van der Waals surface area contributed by atoms with Gasteiger partial charge in [0, 0.05) is 6.20 Å². The summed E-state index contributed by atoms with van der Waals surface area (Å²) in [6.45, 7) is 0. The summed E-state index contributed by atoms with van der Waals surface area (Å²) in [7, 11) is 0. The summed E-state index contributed by atoms with van der Waals surface area (Å²) in [4.78, 5) is 3.61. The van der Waals surface area contributed by atoms with Gasteiger partial charge in [0.2, 0.25) is 0 Å². The molecule has 0 spiro atoms. The zero-order valence-electron chi connectivity index (χ0n) is 10.4. The minimum Gasteiger partial charge on any atom is -0.507 e. The topological polar surface area (TPSA) is 57.5 Å². The van der Waals surface area contributed by atoms with E-state index in [4.69, 9.17) is 0 Å². The van der Waals surface area contributed by atoms with E-state index in [1.165, 1.54) is 18.3 Å². The molecule has 1 heterocycles. The van der Waals surface area contributed by atoms with Gasteiger partial charge in [0.1, 0.15) is 11.6 Å². The van der Waals surface area contributed by atoms with Gasteiger partial charge in [-0.25, -0.2) is 4.98 Å². The molecule has 0 amide bonds. The van der Waals surface area contributed by atoms with Crippen LogP contribution in [0.5, 0.6) is 5.75 Å². The molecule has 2 rings (SSSR count). The maximum absolute atomic E-state index is 12.3. The number of pyridine rings is 1. The van der Waals surface area contributed by atoms with Crippen LogP contribution >= 0.6 is 15.9 Å². The molecule has 0 atom stereocenters. The Balaban J connectivity index is 2.02. The van der Waals surface area contributed by atoms with Crippen molar-refractivity contribution in [3.63, 3.8) is 0 Å². The van der Waals surface area contributed by atoms with Crippen LogP contribution in [0.15, 0.2) is 46.1 Å². The molecular formula is C13H9BrF3N3O. The van der Waals surface area contributed by atoms with Gasteiger partial charge in [-0.15, -0.1) is 0 Å². The van der Waals surface area contributed by atoms with Crippen LogP contribution < -0.4 is 5.43 Å². The highest BCUT2D eigenvalue weighted by Crippen LogP contribution is 2.28. The van der Waals surface area contributed by atoms with Crippen LogP contribution in [0.4, 0.5) is 19.0 Å². The lowest BCUT2D eigenvalue weighted by Gasteiger charge is -2.06. The maximum Gasteiger partial charge on any atom is 0.417 e. The van der Waals surface area contributed by atoms with Crippen molar-refractivity contribution in [2.24, 2.45) is 5.10 Å². The lowest BCUT2D eigenvalue weighted by molar-refractivity contribution is -0.137. The van der Waals surface area contributed by atoms with Crippen LogP contribution in [-0.4, -0.2) is 16.3 Å². The van der Waals surface area contributed by atoms with Gasteiger partial charge in [-0.1, -0.05) is 0 Å². The molecule has 0 aliphatic heterocycles. The highest BCUT2D eigenvalue weighted by atomic mass is 79.9. The number of alkyl halides is 3. The van der Waals surface area contributed by atoms with Crippen LogP contribution in [0, 0.1) is 0 Å². The highest BCUT2D eigenvalue weighted by molar-refractivity contribution is 9.10. The second-order valence-electron chi connectivity index (χ2n) is 4.01. The fourth-order valence-electron chi connectivity index (χ4n) is 1.40. The second kappa shape index (κ2) is 6.13. The molecule has 0 saturated heterocycles. The van der Waals surface area contributed by atoms with Crippen molar-refractivity contribution in [3.8, 4) is 5.75 Å². The summed E-state index contributed by atoms with van der Waals surface area (Å²) in [6, 6.07) is 6.86. The van der Waals surface area contributed by atoms with Crippen molar-refractivity contribution in [3.05, 3.63) is 52.1 Å². The number of nitrogens with one attached hydrogen (secondary N) is 1. The van der Waals surface area contributed by atoms with E-state index in [-0.39, 0.29) is 11.6 Å². The molecule has 1 aromatic carbocycles. The number of benzene rings is 1. The minimum absolute atomic E-state index is 0.101. The van der Waals surface area contributed by atoms with E-state index in [9.17, 15) is 18.3 Å². The zero-order valence-corrected chi connectivity index (χ0v) is 12.0. The number of anilines is 1. The lowest BCUT2D eigenvalue weighted by atomic mass is 10.2. The van der Waals surface area contributed by atoms with Crippen molar-refractivity contribution in [1.29, 1.82) is 0 Å². The first-order valence-corrected chi connectivity index (χ1v) is 6.46. The molecule has 1 aromatic heterocycles. The van der Waals surface area contributed by atoms with Gasteiger partial charge in [-0.3, -0.25) is 5.43 Å². The Kier molecular flexibility index (Phi) is 4.46. The van der Waals surface area contributed by atoms with E-state index < -0.39 is 11.7 Å². The number of hydrazone groups is 1. The molecule has 0 aliphatic rings. The molecule has 2 N–H and O–H groups in total. The molecule has 4 nitrogen and oxygen atoms in total. The molecule has 0 saturated carbocycles. The largest absolute Gasteiger partial charge is 0.507 e. The molecule has 110 valence electrons. The van der Waals surface area contributed by atoms with Gasteiger partial charge in [-0.2, -0.15) is 18.3 Å². The second-order valence-corrected chi connectivity index (χ2v) is 4.87. The molecule has 2 aromatic rings. The number of nitrogens with zero attached hydrogens (tertiary/aromatic N) is 2. The number of halogens is 4. The monoisotopic (exact) mass is 359 g/mol. The number of rotatable bonds is 3. The van der Waals surface area contributed by atoms with Crippen LogP contribution in [0.25, 0.3) is 0 Å². The number of phenolic OH excluding ortho intramolecular Hbond substituents is 1. The number of hydrogen-bond donors (Lipinski definition) is 2. The third kappa shape index (κ3) is 4.19. The fraction of sp³-hybridized carbons (Fsp3) is 0.0769. The average molecular weight is 360 g/mol. The minimum atomic E-state index is -4.41. The van der Waals surface area contributed by atoms with E-state index >= 15 is 0 Å². The summed E-state index contributed by atoms with van der Waals surface area (Å²) < 4.78 is 37.6. The normalized spacial score (nSPS) is 11.8. The Morgan fingerprint density at radius 3 is 2.57 bits per heavy atom. The van der Waals surface area contributed by atoms with Crippen LogP contribution in [-0.2, 0) is 6.18 Å². The Morgan fingerprint density at radius 1 is 1.24 bits per heavy atom. The number of aromatic hydroxyl groups is 1. The van der Waals surface area contributed by atoms with Gasteiger partial charge < -0.3 is 5.11 Å². The summed E-state index contributed by atoms with van der Waals surface area (Å²) in [5, 5.41) is 13.2. The van der Waals surface area contributed by atoms with Crippen LogP contribution in [0.3, 0.4) is 0 Å². The zero-order chi connectivity index (χ0) is 15.5. The first-order chi connectivity index (χ1) is 9.86. The maximum atomic E-state index is 12.3. The Morgan fingerprint density at radius 2 is 2.00 bits per heavy atom. The summed E-state index contributed by atoms with van der Waals surface area (Å²) in [6.07, 6.45) is -2.23. The standard InChI is InChI=1S/C13H9BrF3N3O/c14-10-5-8(1-3-11(10)21)6-19-20-12-4-2-9(7-18-12)13(15,16)17/h1-7,21H,(H,18,20)/b19-6-. The Hall–Kier alpha value is -2.09. The van der Waals surface area contributed by atoms with Crippen LogP contribution in [0.1, 0.15) is 11.1 Å². The predicted octanol–water partition coefficient (Wildman–Crippen LogP) is 4.01. The van der Waals surface area contributed by atoms with E-state index in [1.54, 1.807) is 12.1 Å². The van der Waals surface area contributed by atoms with Gasteiger partial charge in [0.05, 0.1) is 16.3 Å². The number of phenols is 1. The molecule has 8 heteroatoms. The summed E-state index contributed by atoms with van der Waals surface area (Å²) in [5.74, 6) is 0.293. The number of aromatic nitrogens is 1. The smallest absolute Gasteiger partial charge is 0.417 e. The molecule has 0 fully saturated rings. The summed E-state index contributed by atoms with van der Waals surface area (Å²) >= 11 is 3.16. The van der Waals surface area contributed by atoms with Gasteiger partial charge >= 0.3 is 6.18 Å². The molecule has 0 radical (unpaired) electrons. The fourth-order valence-corrected chi connectivity index (χ4v) is 1.80. The molecule has 0 aliphatic carbocycles. The van der Waals surface area contributed by atoms with Crippen molar-refractivity contribution in [1.82, 2.24) is 4.98 Å². The van der Waals surface area contributed by atoms with E-state index in [0.717, 1.165) is 12.3 Å². The predicted molar refractivity (Wildman–Crippen MR) is 76.3 cm³/mol. The van der Waals surface area contributed by atoms with E-state index in [2.05, 4.69) is 31.4 Å². The SMILES string of the molecule is Oc1ccc(/C=N\Nc2ccc(C(F)(F)F)cn2)cc1Br. The van der Waals surface area contributed by atoms with Gasteiger partial charge in [-0.05, 0) is 51.8 Å². The first kappa shape index (κ1) is 15.3. The molecular weight excluding hydrogens is 351 g/mol. The lowest BCUT2D eigenvalue weighted by Crippen LogP contribution is -2.05. The Labute approximate surface area is 126 Å². The van der Waals surface area contributed by atoms with Crippen molar-refractivity contribution < 1.29 is 18.3 Å². The van der Waals surface area contributed by atoms with E-state index in [0.29, 0.717) is 10.0 Å². The highest BCUT2D eigenvalue weighted by Gasteiger charge is 2.30. The third-order valence-corrected chi connectivity index (χ3v) is 3.09. The van der Waals surface area contributed by atoms with Gasteiger partial charge in [0.15, 0.2) is 0 Å². The van der Waals surface area contributed by atoms with Crippen molar-refractivity contribution in [2.45, 2.75) is 6.18 Å². The van der Waals surface area contributed by atoms with Crippen molar-refractivity contribution >= 4 is 28.0 Å². The average Bonchev–Trinajstić information content (AvgIpc) is 2.42. The molecule has 0 unspecified atom stereocenters. The number of hydrogen-bond acceptors (Lipinski definition) is 4. The summed E-state index contributed by atoms with van der Waals surface area (Å²) in [5.41, 5.74) is 2.39. The first-order valence-electron chi connectivity index (χ1n) is 5.67. The Bertz CT molecular complexity index is 657. The third-order valence-electron chi connectivity index (χ3n) is 2.46. The molecule has 0 bridgehead atoms. The van der Waals surface area contributed by atoms with Gasteiger partial charge in [0.25, 0.3) is 0 Å². The quantitative estimate of drug-likeness (QED) is 0.642. The van der Waals surface area contributed by atoms with E-state index in [1.807, 2.05) is 0 Å². The van der Waals surface area contributed by atoms with Crippen molar-refractivity contribution in [2.75, 3.05) is 5.43 Å². The molecule has 21 heavy (non-hydrogen) atoms. The van der Waals surface area contributed by atoms with Crippen LogP contribution in [0.2, 0.25) is 0 Å².